The van der Waals surface area contributed by atoms with Crippen molar-refractivity contribution in [1.29, 1.82) is 0 Å². The number of fused-ring (bicyclic) bond motifs is 1. The lowest BCUT2D eigenvalue weighted by Crippen LogP contribution is -2.22. The molecule has 6 heteroatoms. The lowest BCUT2D eigenvalue weighted by molar-refractivity contribution is 0.276. The van der Waals surface area contributed by atoms with E-state index in [9.17, 15) is 5.11 Å². The zero-order valence-electron chi connectivity index (χ0n) is 13.5. The smallest absolute Gasteiger partial charge is 0.222 e. The highest BCUT2D eigenvalue weighted by Gasteiger charge is 2.14. The van der Waals surface area contributed by atoms with E-state index in [1.807, 2.05) is 12.1 Å². The van der Waals surface area contributed by atoms with Crippen LogP contribution in [0.1, 0.15) is 37.3 Å². The summed E-state index contributed by atoms with van der Waals surface area (Å²) >= 11 is 0. The van der Waals surface area contributed by atoms with E-state index in [4.69, 9.17) is 5.73 Å². The third-order valence-electron chi connectivity index (χ3n) is 3.87. The molecule has 1 atom stereocenters. The van der Waals surface area contributed by atoms with Crippen LogP contribution in [0, 0.1) is 13.8 Å². The molecule has 0 aliphatic carbocycles. The van der Waals surface area contributed by atoms with Crippen LogP contribution in [-0.4, -0.2) is 27.7 Å². The third-order valence-corrected chi connectivity index (χ3v) is 3.87. The summed E-state index contributed by atoms with van der Waals surface area (Å²) in [4.78, 5) is 8.70. The van der Waals surface area contributed by atoms with Gasteiger partial charge in [0, 0.05) is 18.0 Å². The minimum Gasteiger partial charge on any atom is -0.396 e. The Hall–Kier alpha value is -1.53. The van der Waals surface area contributed by atoms with Crippen molar-refractivity contribution in [3.63, 3.8) is 0 Å². The van der Waals surface area contributed by atoms with Gasteiger partial charge in [0.2, 0.25) is 5.95 Å². The SMILES string of the molecule is CCC[C@@H](CCO)Nc1nc(N)nc2ccc(C)c(C)c12.S. The van der Waals surface area contributed by atoms with Gasteiger partial charge in [0.25, 0.3) is 0 Å². The van der Waals surface area contributed by atoms with Gasteiger partial charge in [-0.15, -0.1) is 0 Å². The molecule has 2 aromatic rings. The summed E-state index contributed by atoms with van der Waals surface area (Å²) in [6.07, 6.45) is 2.73. The number of aryl methyl sites for hydroxylation is 2. The number of rotatable bonds is 6. The minimum atomic E-state index is 0. The number of aliphatic hydroxyl groups excluding tert-OH is 1. The van der Waals surface area contributed by atoms with Crippen molar-refractivity contribution in [3.05, 3.63) is 23.3 Å². The van der Waals surface area contributed by atoms with Gasteiger partial charge in [-0.2, -0.15) is 18.5 Å². The van der Waals surface area contributed by atoms with Crippen LogP contribution >= 0.6 is 13.5 Å². The highest BCUT2D eigenvalue weighted by atomic mass is 32.1. The predicted octanol–water partition coefficient (Wildman–Crippen LogP) is 2.90. The van der Waals surface area contributed by atoms with Crippen molar-refractivity contribution in [3.8, 4) is 0 Å². The molecule has 2 rings (SSSR count). The van der Waals surface area contributed by atoms with Crippen LogP contribution in [0.4, 0.5) is 11.8 Å². The lowest BCUT2D eigenvalue weighted by atomic mass is 10.0. The van der Waals surface area contributed by atoms with Crippen molar-refractivity contribution in [1.82, 2.24) is 9.97 Å². The number of aliphatic hydroxyl groups is 1. The maximum absolute atomic E-state index is 9.21. The Morgan fingerprint density at radius 3 is 2.59 bits per heavy atom. The van der Waals surface area contributed by atoms with Gasteiger partial charge in [0.15, 0.2) is 0 Å². The maximum atomic E-state index is 9.21. The Labute approximate surface area is 138 Å². The molecule has 0 aliphatic heterocycles. The summed E-state index contributed by atoms with van der Waals surface area (Å²) in [7, 11) is 0. The zero-order valence-corrected chi connectivity index (χ0v) is 14.5. The number of nitrogens with one attached hydrogen (secondary N) is 1. The van der Waals surface area contributed by atoms with E-state index in [0.29, 0.717) is 6.42 Å². The fraction of sp³-hybridized carbons (Fsp3) is 0.500. The monoisotopic (exact) mass is 322 g/mol. The predicted molar refractivity (Wildman–Crippen MR) is 97.8 cm³/mol. The Kier molecular flexibility index (Phi) is 6.90. The highest BCUT2D eigenvalue weighted by Crippen LogP contribution is 2.28. The van der Waals surface area contributed by atoms with Crippen LogP contribution in [0.15, 0.2) is 12.1 Å². The number of hydrogen-bond acceptors (Lipinski definition) is 5. The first-order chi connectivity index (χ1) is 10.1. The largest absolute Gasteiger partial charge is 0.396 e. The van der Waals surface area contributed by atoms with Crippen LogP contribution in [0.3, 0.4) is 0 Å². The molecule has 122 valence electrons. The molecule has 1 aromatic heterocycles. The second-order valence-corrected chi connectivity index (χ2v) is 5.47. The fourth-order valence-electron chi connectivity index (χ4n) is 2.60. The maximum Gasteiger partial charge on any atom is 0.222 e. The van der Waals surface area contributed by atoms with Crippen LogP contribution in [0.2, 0.25) is 0 Å². The molecular weight excluding hydrogens is 296 g/mol. The molecule has 0 fully saturated rings. The number of benzene rings is 1. The molecule has 5 nitrogen and oxygen atoms in total. The van der Waals surface area contributed by atoms with Gasteiger partial charge in [0.05, 0.1) is 5.52 Å². The van der Waals surface area contributed by atoms with Crippen molar-refractivity contribution in [2.24, 2.45) is 0 Å². The third kappa shape index (κ3) is 4.01. The Morgan fingerprint density at radius 1 is 1.23 bits per heavy atom. The van der Waals surface area contributed by atoms with Gasteiger partial charge in [-0.05, 0) is 43.9 Å². The Bertz CT molecular complexity index is 627. The fourth-order valence-corrected chi connectivity index (χ4v) is 2.60. The normalized spacial score (nSPS) is 12.0. The number of nitrogens with zero attached hydrogens (tertiary/aromatic N) is 2. The summed E-state index contributed by atoms with van der Waals surface area (Å²) in [5.41, 5.74) is 9.04. The number of hydrogen-bond donors (Lipinski definition) is 3. The molecular formula is C16H26N4OS. The van der Waals surface area contributed by atoms with Crippen LogP contribution in [-0.2, 0) is 0 Å². The summed E-state index contributed by atoms with van der Waals surface area (Å²) < 4.78 is 0. The second kappa shape index (κ2) is 8.19. The van der Waals surface area contributed by atoms with E-state index < -0.39 is 0 Å². The molecule has 1 heterocycles. The molecule has 0 radical (unpaired) electrons. The standard InChI is InChI=1S/C16H24N4O.H2S/c1-4-5-12(8-9-21)18-15-14-11(3)10(2)6-7-13(14)19-16(17)20-15;/h6-7,12,21H,4-5,8-9H2,1-3H3,(H3,17,18,19,20);1H2/t12-;/m0./s1. The van der Waals surface area contributed by atoms with Crippen molar-refractivity contribution < 1.29 is 5.11 Å². The highest BCUT2D eigenvalue weighted by molar-refractivity contribution is 7.59. The van der Waals surface area contributed by atoms with Crippen LogP contribution in [0.25, 0.3) is 10.9 Å². The summed E-state index contributed by atoms with van der Waals surface area (Å²) in [5.74, 6) is 1.04. The number of nitrogen functional groups attached to an aromatic ring is 1. The van der Waals surface area contributed by atoms with Gasteiger partial charge in [0.1, 0.15) is 5.82 Å². The van der Waals surface area contributed by atoms with Gasteiger partial charge >= 0.3 is 0 Å². The molecule has 0 spiro atoms. The van der Waals surface area contributed by atoms with E-state index in [0.717, 1.165) is 35.1 Å². The molecule has 0 saturated carbocycles. The topological polar surface area (TPSA) is 84.1 Å². The molecule has 4 N–H and O–H groups in total. The molecule has 0 amide bonds. The first kappa shape index (κ1) is 18.5. The van der Waals surface area contributed by atoms with E-state index in [2.05, 4.69) is 36.1 Å². The summed E-state index contributed by atoms with van der Waals surface area (Å²) in [6, 6.07) is 4.21. The van der Waals surface area contributed by atoms with Crippen LogP contribution < -0.4 is 11.1 Å². The van der Waals surface area contributed by atoms with Gasteiger partial charge in [-0.3, -0.25) is 0 Å². The molecule has 22 heavy (non-hydrogen) atoms. The van der Waals surface area contributed by atoms with E-state index in [-0.39, 0.29) is 32.1 Å². The molecule has 1 aromatic carbocycles. The first-order valence-electron chi connectivity index (χ1n) is 7.47. The Morgan fingerprint density at radius 2 is 1.95 bits per heavy atom. The zero-order chi connectivity index (χ0) is 15.4. The van der Waals surface area contributed by atoms with Crippen molar-refractivity contribution >= 4 is 36.2 Å². The van der Waals surface area contributed by atoms with Gasteiger partial charge < -0.3 is 16.2 Å². The van der Waals surface area contributed by atoms with E-state index >= 15 is 0 Å². The van der Waals surface area contributed by atoms with E-state index in [1.54, 1.807) is 0 Å². The Balaban J connectivity index is 0.00000242. The summed E-state index contributed by atoms with van der Waals surface area (Å²) in [6.45, 7) is 6.44. The van der Waals surface area contributed by atoms with Gasteiger partial charge in [-0.1, -0.05) is 19.4 Å². The van der Waals surface area contributed by atoms with Crippen molar-refractivity contribution in [2.45, 2.75) is 46.1 Å². The van der Waals surface area contributed by atoms with Crippen LogP contribution in [0.5, 0.6) is 0 Å². The van der Waals surface area contributed by atoms with Gasteiger partial charge in [-0.25, -0.2) is 4.98 Å². The quantitative estimate of drug-likeness (QED) is 0.761. The van der Waals surface area contributed by atoms with E-state index in [1.165, 1.54) is 5.56 Å². The molecule has 0 bridgehead atoms. The first-order valence-corrected chi connectivity index (χ1v) is 7.47. The second-order valence-electron chi connectivity index (χ2n) is 5.47. The average molecular weight is 322 g/mol. The minimum absolute atomic E-state index is 0. The average Bonchev–Trinajstić information content (AvgIpc) is 2.43. The molecule has 0 saturated heterocycles. The van der Waals surface area contributed by atoms with Crippen molar-refractivity contribution in [2.75, 3.05) is 17.7 Å². The summed E-state index contributed by atoms with van der Waals surface area (Å²) in [5, 5.41) is 13.7. The molecule has 0 aliphatic rings. The molecule has 0 unspecified atom stereocenters. The number of nitrogens with two attached hydrogens (primary N) is 1. The number of aromatic nitrogens is 2. The lowest BCUT2D eigenvalue weighted by Gasteiger charge is -2.20. The number of anilines is 2.